The van der Waals surface area contributed by atoms with Crippen molar-refractivity contribution in [3.63, 3.8) is 0 Å². The fourth-order valence-corrected chi connectivity index (χ4v) is 2.27. The summed E-state index contributed by atoms with van der Waals surface area (Å²) in [6, 6.07) is 20.0. The molecule has 0 aliphatic carbocycles. The van der Waals surface area contributed by atoms with E-state index in [4.69, 9.17) is 0 Å². The number of aromatic nitrogens is 2. The quantitative estimate of drug-likeness (QED) is 0.658. The van der Waals surface area contributed by atoms with E-state index in [-0.39, 0.29) is 0 Å². The zero-order valence-electron chi connectivity index (χ0n) is 11.8. The van der Waals surface area contributed by atoms with Gasteiger partial charge in [-0.2, -0.15) is 0 Å². The molecular formula is C18H14BrN3. The second kappa shape index (κ2) is 7.00. The van der Waals surface area contributed by atoms with Crippen LogP contribution in [0.1, 0.15) is 5.56 Å². The Balaban J connectivity index is 1.96. The Morgan fingerprint density at radius 2 is 1.50 bits per heavy atom. The molecule has 0 spiro atoms. The Morgan fingerprint density at radius 1 is 0.818 bits per heavy atom. The first-order valence-corrected chi connectivity index (χ1v) is 7.67. The van der Waals surface area contributed by atoms with Crippen molar-refractivity contribution >= 4 is 33.6 Å². The first-order valence-electron chi connectivity index (χ1n) is 6.88. The SMILES string of the molecule is Brc1ccc(N(/C=C/c2ccccc2)c2ncccn2)cc1. The normalized spacial score (nSPS) is 10.8. The number of hydrogen-bond acceptors (Lipinski definition) is 3. The average molecular weight is 352 g/mol. The predicted molar refractivity (Wildman–Crippen MR) is 93.8 cm³/mol. The maximum Gasteiger partial charge on any atom is 0.234 e. The smallest absolute Gasteiger partial charge is 0.234 e. The van der Waals surface area contributed by atoms with E-state index in [0.29, 0.717) is 5.95 Å². The molecule has 0 saturated carbocycles. The molecule has 0 aliphatic rings. The number of rotatable bonds is 4. The van der Waals surface area contributed by atoms with Crippen molar-refractivity contribution in [1.82, 2.24) is 9.97 Å². The highest BCUT2D eigenvalue weighted by Crippen LogP contribution is 2.24. The van der Waals surface area contributed by atoms with Crippen LogP contribution >= 0.6 is 15.9 Å². The largest absolute Gasteiger partial charge is 0.286 e. The monoisotopic (exact) mass is 351 g/mol. The van der Waals surface area contributed by atoms with Gasteiger partial charge in [-0.25, -0.2) is 9.97 Å². The third kappa shape index (κ3) is 3.59. The molecule has 4 heteroatoms. The molecule has 0 atom stereocenters. The predicted octanol–water partition coefficient (Wildman–Crippen LogP) is 5.05. The Morgan fingerprint density at radius 3 is 2.18 bits per heavy atom. The van der Waals surface area contributed by atoms with Crippen LogP contribution in [-0.4, -0.2) is 9.97 Å². The lowest BCUT2D eigenvalue weighted by Crippen LogP contribution is -2.11. The lowest BCUT2D eigenvalue weighted by Gasteiger charge is -2.18. The Hall–Kier alpha value is -2.46. The molecule has 2 aromatic carbocycles. The van der Waals surface area contributed by atoms with Crippen molar-refractivity contribution in [2.45, 2.75) is 0 Å². The molecule has 0 unspecified atom stereocenters. The van der Waals surface area contributed by atoms with Gasteiger partial charge in [0.2, 0.25) is 5.95 Å². The van der Waals surface area contributed by atoms with Crippen LogP contribution in [-0.2, 0) is 0 Å². The molecule has 0 aliphatic heterocycles. The van der Waals surface area contributed by atoms with Gasteiger partial charge in [-0.05, 0) is 42.0 Å². The molecule has 3 nitrogen and oxygen atoms in total. The molecule has 3 aromatic rings. The van der Waals surface area contributed by atoms with Crippen molar-refractivity contribution in [3.8, 4) is 0 Å². The fourth-order valence-electron chi connectivity index (χ4n) is 2.01. The van der Waals surface area contributed by atoms with Crippen molar-refractivity contribution in [2.24, 2.45) is 0 Å². The van der Waals surface area contributed by atoms with E-state index in [1.807, 2.05) is 65.7 Å². The number of hydrogen-bond donors (Lipinski definition) is 0. The summed E-state index contributed by atoms with van der Waals surface area (Å²) in [5.41, 5.74) is 2.13. The summed E-state index contributed by atoms with van der Waals surface area (Å²) in [5.74, 6) is 0.636. The van der Waals surface area contributed by atoms with E-state index in [1.165, 1.54) is 0 Å². The van der Waals surface area contributed by atoms with E-state index in [0.717, 1.165) is 15.7 Å². The van der Waals surface area contributed by atoms with Crippen molar-refractivity contribution in [2.75, 3.05) is 4.90 Å². The maximum absolute atomic E-state index is 4.34. The highest BCUT2D eigenvalue weighted by molar-refractivity contribution is 9.10. The van der Waals surface area contributed by atoms with E-state index in [1.54, 1.807) is 12.4 Å². The summed E-state index contributed by atoms with van der Waals surface area (Å²) in [6.45, 7) is 0. The second-order valence-electron chi connectivity index (χ2n) is 4.62. The first kappa shape index (κ1) is 14.5. The van der Waals surface area contributed by atoms with E-state index in [2.05, 4.69) is 38.0 Å². The minimum absolute atomic E-state index is 0.636. The maximum atomic E-state index is 4.34. The zero-order chi connectivity index (χ0) is 15.2. The standard InChI is InChI=1S/C18H14BrN3/c19-16-7-9-17(10-8-16)22(18-20-12-4-13-21-18)14-11-15-5-2-1-3-6-15/h1-14H/b14-11+. The van der Waals surface area contributed by atoms with Gasteiger partial charge in [0.15, 0.2) is 0 Å². The summed E-state index contributed by atoms with van der Waals surface area (Å²) >= 11 is 3.46. The Labute approximate surface area is 138 Å². The van der Waals surface area contributed by atoms with Crippen molar-refractivity contribution in [1.29, 1.82) is 0 Å². The van der Waals surface area contributed by atoms with Crippen LogP contribution in [0.4, 0.5) is 11.6 Å². The molecule has 3 rings (SSSR count). The van der Waals surface area contributed by atoms with Gasteiger partial charge in [0.1, 0.15) is 0 Å². The van der Waals surface area contributed by atoms with Crippen LogP contribution in [0, 0.1) is 0 Å². The minimum atomic E-state index is 0.636. The fraction of sp³-hybridized carbons (Fsp3) is 0. The zero-order valence-corrected chi connectivity index (χ0v) is 13.4. The molecule has 0 saturated heterocycles. The van der Waals surface area contributed by atoms with Gasteiger partial charge >= 0.3 is 0 Å². The third-order valence-electron chi connectivity index (χ3n) is 3.09. The van der Waals surface area contributed by atoms with Crippen LogP contribution < -0.4 is 4.90 Å². The van der Waals surface area contributed by atoms with Crippen LogP contribution in [0.15, 0.2) is 83.7 Å². The van der Waals surface area contributed by atoms with Gasteiger partial charge in [-0.15, -0.1) is 0 Å². The molecular weight excluding hydrogens is 338 g/mol. The van der Waals surface area contributed by atoms with E-state index >= 15 is 0 Å². The molecule has 108 valence electrons. The summed E-state index contributed by atoms with van der Waals surface area (Å²) in [7, 11) is 0. The second-order valence-corrected chi connectivity index (χ2v) is 5.54. The van der Waals surface area contributed by atoms with Crippen LogP contribution in [0.3, 0.4) is 0 Å². The molecule has 0 bridgehead atoms. The number of halogens is 1. The number of nitrogens with zero attached hydrogens (tertiary/aromatic N) is 3. The van der Waals surface area contributed by atoms with E-state index in [9.17, 15) is 0 Å². The first-order chi connectivity index (χ1) is 10.8. The minimum Gasteiger partial charge on any atom is -0.286 e. The molecule has 0 amide bonds. The van der Waals surface area contributed by atoms with Crippen LogP contribution in [0.2, 0.25) is 0 Å². The highest BCUT2D eigenvalue weighted by Gasteiger charge is 2.08. The van der Waals surface area contributed by atoms with Gasteiger partial charge in [0.05, 0.1) is 0 Å². The molecule has 0 N–H and O–H groups in total. The molecule has 0 radical (unpaired) electrons. The lowest BCUT2D eigenvalue weighted by atomic mass is 10.2. The van der Waals surface area contributed by atoms with Crippen LogP contribution in [0.25, 0.3) is 6.08 Å². The average Bonchev–Trinajstić information content (AvgIpc) is 2.58. The molecule has 1 aromatic heterocycles. The van der Waals surface area contributed by atoms with Gasteiger partial charge in [-0.1, -0.05) is 46.3 Å². The molecule has 22 heavy (non-hydrogen) atoms. The molecule has 1 heterocycles. The van der Waals surface area contributed by atoms with Crippen molar-refractivity contribution in [3.05, 3.63) is 89.3 Å². The number of benzene rings is 2. The topological polar surface area (TPSA) is 29.0 Å². The number of anilines is 2. The summed E-state index contributed by atoms with van der Waals surface area (Å²) in [5, 5.41) is 0. The van der Waals surface area contributed by atoms with E-state index < -0.39 is 0 Å². The summed E-state index contributed by atoms with van der Waals surface area (Å²) in [4.78, 5) is 10.6. The Kier molecular flexibility index (Phi) is 4.61. The van der Waals surface area contributed by atoms with Gasteiger partial charge in [0.25, 0.3) is 0 Å². The lowest BCUT2D eigenvalue weighted by molar-refractivity contribution is 1.08. The summed E-state index contributed by atoms with van der Waals surface area (Å²) in [6.07, 6.45) is 7.50. The third-order valence-corrected chi connectivity index (χ3v) is 3.62. The van der Waals surface area contributed by atoms with Gasteiger partial charge < -0.3 is 0 Å². The van der Waals surface area contributed by atoms with Crippen molar-refractivity contribution < 1.29 is 0 Å². The van der Waals surface area contributed by atoms with Gasteiger partial charge in [-0.3, -0.25) is 4.90 Å². The highest BCUT2D eigenvalue weighted by atomic mass is 79.9. The van der Waals surface area contributed by atoms with Crippen LogP contribution in [0.5, 0.6) is 0 Å². The van der Waals surface area contributed by atoms with Gasteiger partial charge in [0, 0.05) is 28.8 Å². The Bertz CT molecular complexity index is 740. The molecule has 0 fully saturated rings. The summed E-state index contributed by atoms with van der Waals surface area (Å²) < 4.78 is 1.04.